The van der Waals surface area contributed by atoms with Crippen LogP contribution in [0, 0.1) is 11.3 Å². The number of fused-ring (bicyclic) bond motifs is 3. The molecule has 3 atom stereocenters. The van der Waals surface area contributed by atoms with Crippen molar-refractivity contribution in [3.05, 3.63) is 35.9 Å². The maximum Gasteiger partial charge on any atom is 0.153 e. The molecule has 1 aromatic carbocycles. The van der Waals surface area contributed by atoms with E-state index in [-0.39, 0.29) is 17.4 Å². The normalized spacial score (nSPS) is 33.7. The van der Waals surface area contributed by atoms with Crippen LogP contribution in [0.25, 0.3) is 0 Å². The fourth-order valence-electron chi connectivity index (χ4n) is 3.67. The molecule has 96 valence electrons. The van der Waals surface area contributed by atoms with Crippen LogP contribution in [-0.4, -0.2) is 29.8 Å². The fraction of sp³-hybridized carbons (Fsp3) is 0.562. The molecule has 2 nitrogen and oxygen atoms in total. The summed E-state index contributed by atoms with van der Waals surface area (Å²) in [6.07, 6.45) is 1.93. The molecule has 3 aliphatic rings. The number of piperidine rings is 3. The fourth-order valence-corrected chi connectivity index (χ4v) is 3.67. The monoisotopic (exact) mass is 243 g/mol. The molecule has 0 amide bonds. The maximum absolute atomic E-state index is 12.6. The number of rotatable bonds is 2. The first-order valence-corrected chi connectivity index (χ1v) is 6.90. The molecule has 3 fully saturated rings. The molecule has 2 heteroatoms. The van der Waals surface area contributed by atoms with Gasteiger partial charge in [0.25, 0.3) is 0 Å². The molecular formula is C16H21NO. The number of carbonyl (C=O) groups is 1. The Morgan fingerprint density at radius 3 is 2.61 bits per heavy atom. The second-order valence-corrected chi connectivity index (χ2v) is 6.41. The van der Waals surface area contributed by atoms with Crippen molar-refractivity contribution in [1.29, 1.82) is 0 Å². The molecule has 2 bridgehead atoms. The molecule has 0 spiro atoms. The van der Waals surface area contributed by atoms with Crippen LogP contribution in [0.2, 0.25) is 0 Å². The zero-order chi connectivity index (χ0) is 12.8. The van der Waals surface area contributed by atoms with Gasteiger partial charge in [-0.05, 0) is 30.4 Å². The summed E-state index contributed by atoms with van der Waals surface area (Å²) in [5.41, 5.74) is 1.45. The molecule has 4 rings (SSSR count). The third-order valence-corrected chi connectivity index (χ3v) is 4.64. The second-order valence-electron chi connectivity index (χ2n) is 6.41. The summed E-state index contributed by atoms with van der Waals surface area (Å²) < 4.78 is 0. The van der Waals surface area contributed by atoms with Crippen LogP contribution in [0.5, 0.6) is 0 Å². The van der Waals surface area contributed by atoms with E-state index in [1.54, 1.807) is 0 Å². The van der Waals surface area contributed by atoms with Crippen LogP contribution in [0.15, 0.2) is 30.3 Å². The molecule has 0 saturated carbocycles. The van der Waals surface area contributed by atoms with E-state index in [0.29, 0.717) is 5.78 Å². The molecule has 1 aromatic rings. The Kier molecular flexibility index (Phi) is 2.78. The van der Waals surface area contributed by atoms with Crippen LogP contribution < -0.4 is 0 Å². The summed E-state index contributed by atoms with van der Waals surface area (Å²) in [4.78, 5) is 15.0. The van der Waals surface area contributed by atoms with E-state index < -0.39 is 0 Å². The highest BCUT2D eigenvalue weighted by Crippen LogP contribution is 2.42. The number of ketones is 1. The first kappa shape index (κ1) is 11.9. The van der Waals surface area contributed by atoms with Gasteiger partial charge in [0, 0.05) is 12.5 Å². The van der Waals surface area contributed by atoms with Crippen LogP contribution in [0.3, 0.4) is 0 Å². The van der Waals surface area contributed by atoms with E-state index in [2.05, 4.69) is 43.0 Å². The lowest BCUT2D eigenvalue weighted by molar-refractivity contribution is -0.147. The van der Waals surface area contributed by atoms with Crippen molar-refractivity contribution in [1.82, 2.24) is 4.90 Å². The number of hydrogen-bond acceptors (Lipinski definition) is 2. The van der Waals surface area contributed by atoms with Gasteiger partial charge in [-0.3, -0.25) is 9.69 Å². The zero-order valence-electron chi connectivity index (χ0n) is 11.2. The van der Waals surface area contributed by atoms with E-state index in [9.17, 15) is 4.79 Å². The summed E-state index contributed by atoms with van der Waals surface area (Å²) in [5, 5.41) is 0. The summed E-state index contributed by atoms with van der Waals surface area (Å²) >= 11 is 0. The van der Waals surface area contributed by atoms with Gasteiger partial charge in [0.2, 0.25) is 0 Å². The Labute approximate surface area is 109 Å². The van der Waals surface area contributed by atoms with Crippen LogP contribution in [0.4, 0.5) is 0 Å². The third-order valence-electron chi connectivity index (χ3n) is 4.64. The van der Waals surface area contributed by atoms with Gasteiger partial charge in [0.05, 0.1) is 6.04 Å². The molecule has 0 radical (unpaired) electrons. The molecule has 3 saturated heterocycles. The van der Waals surface area contributed by atoms with Crippen molar-refractivity contribution in [3.8, 4) is 0 Å². The Morgan fingerprint density at radius 2 is 2.00 bits per heavy atom. The largest absolute Gasteiger partial charge is 0.298 e. The average Bonchev–Trinajstić information content (AvgIpc) is 2.34. The van der Waals surface area contributed by atoms with Crippen LogP contribution in [0.1, 0.15) is 25.8 Å². The van der Waals surface area contributed by atoms with Gasteiger partial charge in [0.15, 0.2) is 5.78 Å². The molecule has 0 N–H and O–H groups in total. The quantitative estimate of drug-likeness (QED) is 0.795. The van der Waals surface area contributed by atoms with Crippen molar-refractivity contribution in [3.63, 3.8) is 0 Å². The molecule has 0 aliphatic carbocycles. The molecule has 3 aliphatic heterocycles. The third kappa shape index (κ3) is 1.89. The highest BCUT2D eigenvalue weighted by Gasteiger charge is 2.50. The molecule has 3 unspecified atom stereocenters. The van der Waals surface area contributed by atoms with Crippen molar-refractivity contribution in [2.45, 2.75) is 32.7 Å². The van der Waals surface area contributed by atoms with E-state index >= 15 is 0 Å². The van der Waals surface area contributed by atoms with E-state index in [1.807, 2.05) is 6.07 Å². The number of carbonyl (C=O) groups excluding carboxylic acids is 1. The standard InChI is InChI=1S/C16H21NO/c1-16(2)11-17-9-8-13(16)15(18)14(17)10-12-6-4-3-5-7-12/h3-7,13-14H,8-11H2,1-2H3. The van der Waals surface area contributed by atoms with E-state index in [4.69, 9.17) is 0 Å². The summed E-state index contributed by atoms with van der Waals surface area (Å²) in [6, 6.07) is 10.5. The Morgan fingerprint density at radius 1 is 1.28 bits per heavy atom. The van der Waals surface area contributed by atoms with Gasteiger partial charge in [-0.25, -0.2) is 0 Å². The van der Waals surface area contributed by atoms with Gasteiger partial charge >= 0.3 is 0 Å². The molecule has 0 aromatic heterocycles. The minimum Gasteiger partial charge on any atom is -0.298 e. The summed E-state index contributed by atoms with van der Waals surface area (Å²) in [7, 11) is 0. The highest BCUT2D eigenvalue weighted by molar-refractivity contribution is 5.89. The lowest BCUT2D eigenvalue weighted by atomic mass is 9.65. The second kappa shape index (κ2) is 4.20. The van der Waals surface area contributed by atoms with Crippen LogP contribution >= 0.6 is 0 Å². The van der Waals surface area contributed by atoms with Crippen molar-refractivity contribution >= 4 is 5.78 Å². The van der Waals surface area contributed by atoms with Gasteiger partial charge in [-0.2, -0.15) is 0 Å². The molecule has 3 heterocycles. The average molecular weight is 243 g/mol. The first-order valence-electron chi connectivity index (χ1n) is 6.90. The Balaban J connectivity index is 1.81. The number of hydrogen-bond donors (Lipinski definition) is 0. The summed E-state index contributed by atoms with van der Waals surface area (Å²) in [5.74, 6) is 0.748. The number of benzene rings is 1. The Bertz CT molecular complexity index is 451. The van der Waals surface area contributed by atoms with Gasteiger partial charge in [0.1, 0.15) is 0 Å². The van der Waals surface area contributed by atoms with Crippen molar-refractivity contribution < 1.29 is 4.79 Å². The smallest absolute Gasteiger partial charge is 0.153 e. The minimum absolute atomic E-state index is 0.124. The lowest BCUT2D eigenvalue weighted by Gasteiger charge is -2.53. The zero-order valence-corrected chi connectivity index (χ0v) is 11.2. The molecule has 18 heavy (non-hydrogen) atoms. The van der Waals surface area contributed by atoms with E-state index in [0.717, 1.165) is 25.9 Å². The van der Waals surface area contributed by atoms with Crippen LogP contribution in [-0.2, 0) is 11.2 Å². The van der Waals surface area contributed by atoms with Crippen molar-refractivity contribution in [2.75, 3.05) is 13.1 Å². The van der Waals surface area contributed by atoms with Gasteiger partial charge < -0.3 is 0 Å². The van der Waals surface area contributed by atoms with Gasteiger partial charge in [-0.1, -0.05) is 44.2 Å². The number of nitrogens with zero attached hydrogens (tertiary/aromatic N) is 1. The minimum atomic E-state index is 0.124. The van der Waals surface area contributed by atoms with E-state index in [1.165, 1.54) is 5.56 Å². The lowest BCUT2D eigenvalue weighted by Crippen LogP contribution is -2.63. The predicted molar refractivity (Wildman–Crippen MR) is 72.4 cm³/mol. The molecular weight excluding hydrogens is 222 g/mol. The first-order chi connectivity index (χ1) is 8.58. The highest BCUT2D eigenvalue weighted by atomic mass is 16.1. The van der Waals surface area contributed by atoms with Crippen molar-refractivity contribution in [2.24, 2.45) is 11.3 Å². The summed E-state index contributed by atoms with van der Waals surface area (Å²) in [6.45, 7) is 6.64. The Hall–Kier alpha value is -1.15. The van der Waals surface area contributed by atoms with Gasteiger partial charge in [-0.15, -0.1) is 0 Å². The number of Topliss-reactive ketones (excluding diaryl/α,β-unsaturated/α-hetero) is 1. The topological polar surface area (TPSA) is 20.3 Å². The predicted octanol–water partition coefficient (Wildman–Crippen LogP) is 2.53. The maximum atomic E-state index is 12.6. The SMILES string of the molecule is CC1(C)CN2CCC1C(=O)C2Cc1ccccc1.